The lowest BCUT2D eigenvalue weighted by Crippen LogP contribution is -2.60. The number of halogens is 1. The number of likely N-dealkylation sites (tertiary alicyclic amines) is 1. The normalized spacial score (nSPS) is 28.4. The third kappa shape index (κ3) is 6.74. The summed E-state index contributed by atoms with van der Waals surface area (Å²) in [6.45, 7) is 17.0. The minimum Gasteiger partial charge on any atom is -0.455 e. The Morgan fingerprint density at radius 2 is 1.83 bits per heavy atom. The zero-order valence-electron chi connectivity index (χ0n) is 29.1. The smallest absolute Gasteiger partial charge is 0.313 e. The van der Waals surface area contributed by atoms with Crippen LogP contribution in [0.15, 0.2) is 55.6 Å². The molecule has 2 bridgehead atoms. The van der Waals surface area contributed by atoms with E-state index in [4.69, 9.17) is 9.47 Å². The summed E-state index contributed by atoms with van der Waals surface area (Å²) in [5.74, 6) is -3.56. The van der Waals surface area contributed by atoms with Gasteiger partial charge in [0, 0.05) is 30.9 Å². The Balaban J connectivity index is 1.77. The summed E-state index contributed by atoms with van der Waals surface area (Å²) in [5.41, 5.74) is -0.602. The van der Waals surface area contributed by atoms with Gasteiger partial charge in [-0.05, 0) is 45.1 Å². The number of esters is 1. The van der Waals surface area contributed by atoms with Crippen molar-refractivity contribution in [2.45, 2.75) is 107 Å². The van der Waals surface area contributed by atoms with E-state index in [0.29, 0.717) is 24.8 Å². The highest BCUT2D eigenvalue weighted by Crippen LogP contribution is 2.61. The summed E-state index contributed by atoms with van der Waals surface area (Å²) < 4.78 is 13.1. The third-order valence-corrected chi connectivity index (χ3v) is 11.5. The van der Waals surface area contributed by atoms with Gasteiger partial charge in [0.15, 0.2) is 0 Å². The number of hydrogen-bond acceptors (Lipinski definition) is 7. The van der Waals surface area contributed by atoms with Crippen molar-refractivity contribution in [3.05, 3.63) is 61.2 Å². The van der Waals surface area contributed by atoms with Gasteiger partial charge in [-0.1, -0.05) is 78.7 Å². The molecule has 11 heteroatoms. The molecule has 0 saturated carbocycles. The van der Waals surface area contributed by atoms with Crippen LogP contribution in [0.5, 0.6) is 0 Å². The molecule has 48 heavy (non-hydrogen) atoms. The predicted molar refractivity (Wildman–Crippen MR) is 187 cm³/mol. The van der Waals surface area contributed by atoms with Gasteiger partial charge < -0.3 is 29.3 Å². The lowest BCUT2D eigenvalue weighted by atomic mass is 9.70. The fourth-order valence-corrected chi connectivity index (χ4v) is 8.71. The van der Waals surface area contributed by atoms with E-state index in [0.717, 1.165) is 0 Å². The summed E-state index contributed by atoms with van der Waals surface area (Å²) in [7, 11) is 1.69. The maximum atomic E-state index is 14.7. The quantitative estimate of drug-likeness (QED) is 0.150. The average Bonchev–Trinajstić information content (AvgIpc) is 3.67. The highest BCUT2D eigenvalue weighted by atomic mass is 79.9. The van der Waals surface area contributed by atoms with E-state index in [1.807, 2.05) is 65.0 Å². The summed E-state index contributed by atoms with van der Waals surface area (Å²) in [6.07, 6.45) is 3.58. The Morgan fingerprint density at radius 1 is 1.17 bits per heavy atom. The van der Waals surface area contributed by atoms with E-state index < -0.39 is 53.7 Å². The van der Waals surface area contributed by atoms with Gasteiger partial charge in [-0.3, -0.25) is 19.2 Å². The van der Waals surface area contributed by atoms with Crippen LogP contribution in [0.25, 0.3) is 0 Å². The topological polar surface area (TPSA) is 117 Å². The van der Waals surface area contributed by atoms with Crippen LogP contribution in [0.2, 0.25) is 0 Å². The molecule has 1 aromatic carbocycles. The molecule has 10 atom stereocenters. The number of allylic oxidation sites excluding steroid dienone is 1. The number of benzene rings is 1. The number of ether oxygens (including phenoxy) is 2. The maximum Gasteiger partial charge on any atom is 0.313 e. The first-order valence-corrected chi connectivity index (χ1v) is 18.0. The summed E-state index contributed by atoms with van der Waals surface area (Å²) in [4.78, 5) is 61.3. The van der Waals surface area contributed by atoms with Gasteiger partial charge in [-0.2, -0.15) is 0 Å². The Morgan fingerprint density at radius 3 is 2.40 bits per heavy atom. The molecule has 4 rings (SSSR count). The van der Waals surface area contributed by atoms with E-state index in [2.05, 4.69) is 29.1 Å². The van der Waals surface area contributed by atoms with Crippen molar-refractivity contribution in [1.29, 1.82) is 0 Å². The summed E-state index contributed by atoms with van der Waals surface area (Å²) in [5, 5.41) is 10.7. The van der Waals surface area contributed by atoms with E-state index in [-0.39, 0.29) is 54.1 Å². The van der Waals surface area contributed by atoms with Crippen LogP contribution in [-0.2, 0) is 28.7 Å². The average molecular weight is 731 g/mol. The molecule has 0 aromatic heterocycles. The SMILES string of the molecule is C=CCCC(=O)N(C)[C@H](C)[C@H](OC(=O)[C@H]1[C@@H]2O[C@@]3(CC2Br)[C@@H]1C(=O)N([C@@H](CO)[C@@H](C)CC)[C@@H]3C(=O)N(CC=C)C(C)C)c1ccccc1. The number of likely N-dealkylation sites (N-methyl/N-ethyl adjacent to an activating group) is 1. The van der Waals surface area contributed by atoms with Crippen LogP contribution in [0.1, 0.15) is 72.0 Å². The van der Waals surface area contributed by atoms with Crippen molar-refractivity contribution in [3.8, 4) is 0 Å². The number of carbonyl (C=O) groups excluding carboxylic acids is 4. The highest BCUT2D eigenvalue weighted by Gasteiger charge is 2.78. The van der Waals surface area contributed by atoms with Crippen LogP contribution < -0.4 is 0 Å². The van der Waals surface area contributed by atoms with Gasteiger partial charge in [0.25, 0.3) is 0 Å². The lowest BCUT2D eigenvalue weighted by Gasteiger charge is -2.41. The van der Waals surface area contributed by atoms with E-state index >= 15 is 0 Å². The number of amides is 3. The molecule has 1 unspecified atom stereocenters. The molecule has 264 valence electrons. The number of hydrogen-bond donors (Lipinski definition) is 1. The fourth-order valence-electron chi connectivity index (χ4n) is 7.76. The minimum absolute atomic E-state index is 0.112. The second-order valence-corrected chi connectivity index (χ2v) is 14.9. The fraction of sp³-hybridized carbons (Fsp3) is 0.622. The molecular weight excluding hydrogens is 678 g/mol. The van der Waals surface area contributed by atoms with Crippen LogP contribution in [0.4, 0.5) is 0 Å². The first kappa shape index (κ1) is 37.8. The molecule has 3 aliphatic rings. The van der Waals surface area contributed by atoms with E-state index in [9.17, 15) is 24.3 Å². The van der Waals surface area contributed by atoms with Crippen LogP contribution >= 0.6 is 15.9 Å². The Kier molecular flexibility index (Phi) is 12.3. The second kappa shape index (κ2) is 15.7. The zero-order chi connectivity index (χ0) is 35.5. The van der Waals surface area contributed by atoms with Crippen LogP contribution in [-0.4, -0.2) is 104 Å². The molecule has 1 N–H and O–H groups in total. The third-order valence-electron chi connectivity index (χ3n) is 10.7. The predicted octanol–water partition coefficient (Wildman–Crippen LogP) is 4.66. The van der Waals surface area contributed by atoms with Crippen molar-refractivity contribution in [2.75, 3.05) is 20.2 Å². The van der Waals surface area contributed by atoms with Gasteiger partial charge in [-0.15, -0.1) is 13.2 Å². The van der Waals surface area contributed by atoms with Gasteiger partial charge in [0.2, 0.25) is 17.7 Å². The molecule has 3 saturated heterocycles. The van der Waals surface area contributed by atoms with Crippen molar-refractivity contribution in [3.63, 3.8) is 0 Å². The van der Waals surface area contributed by atoms with Crippen molar-refractivity contribution in [1.82, 2.24) is 14.7 Å². The number of aliphatic hydroxyl groups excluding tert-OH is 1. The first-order chi connectivity index (χ1) is 22.8. The molecule has 3 amide bonds. The second-order valence-electron chi connectivity index (χ2n) is 13.8. The van der Waals surface area contributed by atoms with Crippen molar-refractivity contribution >= 4 is 39.6 Å². The van der Waals surface area contributed by atoms with Crippen molar-refractivity contribution < 1.29 is 33.8 Å². The molecule has 10 nitrogen and oxygen atoms in total. The van der Waals surface area contributed by atoms with Gasteiger partial charge in [0.1, 0.15) is 17.7 Å². The number of fused-ring (bicyclic) bond motifs is 1. The molecular formula is C37H52BrN3O7. The maximum absolute atomic E-state index is 14.7. The Bertz CT molecular complexity index is 1360. The largest absolute Gasteiger partial charge is 0.455 e. The molecule has 3 fully saturated rings. The number of nitrogens with zero attached hydrogens (tertiary/aromatic N) is 3. The van der Waals surface area contributed by atoms with Gasteiger partial charge >= 0.3 is 5.97 Å². The number of aliphatic hydroxyl groups is 1. The Hall–Kier alpha value is -3.02. The zero-order valence-corrected chi connectivity index (χ0v) is 30.7. The summed E-state index contributed by atoms with van der Waals surface area (Å²) in [6, 6.07) is 6.80. The first-order valence-electron chi connectivity index (χ1n) is 17.1. The monoisotopic (exact) mass is 729 g/mol. The van der Waals surface area contributed by atoms with E-state index in [1.54, 1.807) is 29.0 Å². The van der Waals surface area contributed by atoms with Gasteiger partial charge in [0.05, 0.1) is 36.6 Å². The van der Waals surface area contributed by atoms with Crippen molar-refractivity contribution in [2.24, 2.45) is 17.8 Å². The number of alkyl halides is 1. The lowest BCUT2D eigenvalue weighted by molar-refractivity contribution is -0.165. The molecule has 3 aliphatic heterocycles. The summed E-state index contributed by atoms with van der Waals surface area (Å²) >= 11 is 3.74. The molecule has 0 radical (unpaired) electrons. The Labute approximate surface area is 293 Å². The van der Waals surface area contributed by atoms with Gasteiger partial charge in [-0.25, -0.2) is 0 Å². The highest BCUT2D eigenvalue weighted by molar-refractivity contribution is 9.09. The minimum atomic E-state index is -1.31. The number of rotatable bonds is 16. The van der Waals surface area contributed by atoms with E-state index in [1.165, 1.54) is 4.90 Å². The molecule has 1 spiro atoms. The van der Waals surface area contributed by atoms with Crippen LogP contribution in [0.3, 0.4) is 0 Å². The molecule has 3 heterocycles. The molecule has 0 aliphatic carbocycles. The standard InChI is InChI=1S/C37H52BrN3O7/c1-9-12-18-28(43)39(8)24(7)31(25-16-14-13-15-17-25)47-36(46)29-30-34(44)41(27(21-42)23(6)11-3)33(35(45)40(19-10-2)22(4)5)37(30)20-26(38)32(29)48-37/h9-10,13-17,22-24,26-27,29-33,42H,1-2,11-12,18-21H2,3-8H3/t23-,24+,26?,27-,29+,30-,31-,32+,33+,37-/m0/s1. The molecule has 1 aromatic rings. The van der Waals surface area contributed by atoms with Crippen LogP contribution in [0, 0.1) is 17.8 Å². The number of carbonyl (C=O) groups is 4.